The van der Waals surface area contributed by atoms with Gasteiger partial charge in [0.2, 0.25) is 5.89 Å². The number of oxazole rings is 1. The lowest BCUT2D eigenvalue weighted by molar-refractivity contribution is 0.623. The molecule has 0 saturated heterocycles. The molecule has 0 atom stereocenters. The van der Waals surface area contributed by atoms with E-state index in [9.17, 15) is 0 Å². The summed E-state index contributed by atoms with van der Waals surface area (Å²) in [7, 11) is 0. The molecule has 6 aromatic heterocycles. The summed E-state index contributed by atoms with van der Waals surface area (Å²) < 4.78 is 11.0. The molecule has 0 bridgehead atoms. The van der Waals surface area contributed by atoms with E-state index >= 15 is 0 Å². The number of nitrogens with zero attached hydrogens (tertiary/aromatic N) is 12. The van der Waals surface area contributed by atoms with Gasteiger partial charge in [0.1, 0.15) is 5.52 Å². The van der Waals surface area contributed by atoms with Crippen LogP contribution in [0.5, 0.6) is 0 Å². The molecule has 0 aliphatic rings. The van der Waals surface area contributed by atoms with E-state index in [1.807, 2.05) is 115 Å². The molecule has 0 spiro atoms. The fourth-order valence-corrected chi connectivity index (χ4v) is 21.4. The van der Waals surface area contributed by atoms with Crippen LogP contribution < -0.4 is 0 Å². The quantitative estimate of drug-likeness (QED) is 0.107. The number of aromatic nitrogens is 12. The largest absolute Gasteiger partial charge is 0.435 e. The second kappa shape index (κ2) is 35.6. The first-order valence-corrected chi connectivity index (χ1v) is 49.4. The number of para-hydroxylation sites is 4. The maximum Gasteiger partial charge on any atom is 0.227 e. The molecule has 6 heterocycles. The second-order valence-electron chi connectivity index (χ2n) is 37.2. The SMILES string of the molecule is c1ccc(-c2nc(-c3ccc(-n4c5ccccc5c5ccccc54)cc3)nc(-c3ccc4ccc5c6ccccc6ccc5c4c3)n2)cc1.c1ccc(-c2nc(-c3ccc4ccc5c6ccccc6ccc5c4c3)nc(-c3ccc4c5ccccc5n(-c5ccccc5)c4c3)n2)cc1.c1ccc(-c2nc(-c3ccc4ccc5c6ccccc6ccc5c4c3)nc(-c3ccc4ccc5nc(-c6ccccc6)oc5c4c3)n2)cc1. The van der Waals surface area contributed by atoms with Crippen LogP contribution >= 0.6 is 0 Å². The lowest BCUT2D eigenvalue weighted by Crippen LogP contribution is -2.00. The lowest BCUT2D eigenvalue weighted by atomic mass is 9.96. The van der Waals surface area contributed by atoms with Gasteiger partial charge in [0.15, 0.2) is 58.0 Å². The standard InChI is InChI=1S/2C45H28N4.C44H26N4O/c1-3-12-31(13-4-1)43-46-44(32-20-19-30-22-24-36-35-16-8-7-11-29(35)21-25-37(36)40(30)27-32)48-45(47-43)33-23-26-39-38-17-9-10-18-41(38)49(42(39)28-33)34-14-5-2-6-15-34;1-2-11-31(12-3-1)43-46-44(32-20-24-34(25-21-32)49-41-16-8-6-14-38(41)39-15-7-9-17-42(39)49)48-45(47-43)33-19-18-30-23-26-36-35-13-5-4-10-29(35)22-27-37(36)40(30)28-33;1-3-10-30(11-4-1)41-46-42(32-17-15-28-20-22-35-34-14-8-7-9-27(34)19-23-36(35)37(28)25-32)48-43(47-41)33-18-16-29-21-24-39-40(38(29)26-33)49-44(45-39)31-12-5-2-6-13-31/h2*1-28H;1-26H. The first kappa shape index (κ1) is 85.0. The second-order valence-corrected chi connectivity index (χ2v) is 37.2. The zero-order valence-corrected chi connectivity index (χ0v) is 79.1. The summed E-state index contributed by atoms with van der Waals surface area (Å²) in [4.78, 5) is 50.4. The molecule has 13 heteroatoms. The number of fused-ring (bicyclic) bond motifs is 24. The Morgan fingerprint density at radius 2 is 0.367 bits per heavy atom. The van der Waals surface area contributed by atoms with Gasteiger partial charge in [0.05, 0.1) is 22.1 Å². The van der Waals surface area contributed by atoms with Crippen LogP contribution in [0.4, 0.5) is 0 Å². The topological polar surface area (TPSA) is 152 Å². The molecule has 30 rings (SSSR count). The van der Waals surface area contributed by atoms with E-state index < -0.39 is 0 Å². The van der Waals surface area contributed by atoms with Crippen molar-refractivity contribution in [1.29, 1.82) is 0 Å². The Morgan fingerprint density at radius 3 is 0.741 bits per heavy atom. The lowest BCUT2D eigenvalue weighted by Gasteiger charge is -2.12. The Hall–Kier alpha value is -20.0. The summed E-state index contributed by atoms with van der Waals surface area (Å²) in [6.45, 7) is 0. The van der Waals surface area contributed by atoms with Crippen molar-refractivity contribution in [2.75, 3.05) is 0 Å². The van der Waals surface area contributed by atoms with E-state index in [2.05, 4.69) is 391 Å². The molecular formula is C134H82N12O. The summed E-state index contributed by atoms with van der Waals surface area (Å²) in [6, 6.07) is 174. The van der Waals surface area contributed by atoms with Crippen molar-refractivity contribution in [3.8, 4) is 125 Å². The maximum atomic E-state index is 6.38. The van der Waals surface area contributed by atoms with E-state index in [0.29, 0.717) is 58.3 Å². The Labute approximate surface area is 842 Å². The van der Waals surface area contributed by atoms with Crippen molar-refractivity contribution < 1.29 is 4.42 Å². The predicted octanol–water partition coefficient (Wildman–Crippen LogP) is 34.2. The molecule has 0 saturated carbocycles. The molecule has 0 fully saturated rings. The van der Waals surface area contributed by atoms with Crippen molar-refractivity contribution in [2.45, 2.75) is 0 Å². The van der Waals surface area contributed by atoms with Gasteiger partial charge in [0, 0.05) is 93.9 Å². The first-order valence-electron chi connectivity index (χ1n) is 49.4. The van der Waals surface area contributed by atoms with E-state index in [1.54, 1.807) is 0 Å². The van der Waals surface area contributed by atoms with Crippen LogP contribution in [-0.2, 0) is 0 Å². The number of hydrogen-bond donors (Lipinski definition) is 0. The number of rotatable bonds is 12. The molecule has 0 amide bonds. The zero-order valence-electron chi connectivity index (χ0n) is 79.1. The Bertz CT molecular complexity index is 10500. The summed E-state index contributed by atoms with van der Waals surface area (Å²) in [5.41, 5.74) is 17.7. The molecule has 0 aliphatic carbocycles. The van der Waals surface area contributed by atoms with Crippen LogP contribution in [0.1, 0.15) is 0 Å². The molecular weight excluding hydrogens is 1790 g/mol. The Balaban J connectivity index is 0.000000107. The van der Waals surface area contributed by atoms with Crippen LogP contribution in [0.2, 0.25) is 0 Å². The van der Waals surface area contributed by atoms with Gasteiger partial charge in [-0.3, -0.25) is 0 Å². The third-order valence-electron chi connectivity index (χ3n) is 28.6. The summed E-state index contributed by atoms with van der Waals surface area (Å²) in [5.74, 6) is 6.29. The van der Waals surface area contributed by atoms with Crippen LogP contribution in [0.3, 0.4) is 0 Å². The molecule has 684 valence electrons. The minimum atomic E-state index is 0.592. The fraction of sp³-hybridized carbons (Fsp3) is 0. The van der Waals surface area contributed by atoms with Crippen LogP contribution in [-0.4, -0.2) is 59.0 Å². The minimum Gasteiger partial charge on any atom is -0.435 e. The molecule has 0 N–H and O–H groups in total. The summed E-state index contributed by atoms with van der Waals surface area (Å²) in [6.07, 6.45) is 0. The molecule has 0 aliphatic heterocycles. The normalized spacial score (nSPS) is 11.7. The average Bonchev–Trinajstić information content (AvgIpc) is 1.69. The predicted molar refractivity (Wildman–Crippen MR) is 605 cm³/mol. The van der Waals surface area contributed by atoms with Crippen molar-refractivity contribution >= 4 is 162 Å². The van der Waals surface area contributed by atoms with E-state index in [0.717, 1.165) is 99.8 Å². The van der Waals surface area contributed by atoms with Gasteiger partial charge in [-0.1, -0.05) is 394 Å². The molecule has 30 aromatic rings. The van der Waals surface area contributed by atoms with Crippen LogP contribution in [0.25, 0.3) is 288 Å². The third kappa shape index (κ3) is 15.3. The van der Waals surface area contributed by atoms with E-state index in [4.69, 9.17) is 54.3 Å². The molecule has 147 heavy (non-hydrogen) atoms. The fourth-order valence-electron chi connectivity index (χ4n) is 21.4. The molecule has 24 aromatic carbocycles. The summed E-state index contributed by atoms with van der Waals surface area (Å²) >= 11 is 0. The van der Waals surface area contributed by atoms with Crippen molar-refractivity contribution in [3.05, 3.63) is 497 Å². The molecule has 0 unspecified atom stereocenters. The van der Waals surface area contributed by atoms with Crippen LogP contribution in [0, 0.1) is 0 Å². The molecule has 0 radical (unpaired) electrons. The van der Waals surface area contributed by atoms with E-state index in [1.165, 1.54) is 130 Å². The Kier molecular flexibility index (Phi) is 20.6. The minimum absolute atomic E-state index is 0.592. The average molecular weight is 1880 g/mol. The molecule has 13 nitrogen and oxygen atoms in total. The Morgan fingerprint density at radius 1 is 0.136 bits per heavy atom. The number of hydrogen-bond acceptors (Lipinski definition) is 11. The van der Waals surface area contributed by atoms with Crippen LogP contribution in [0.15, 0.2) is 502 Å². The van der Waals surface area contributed by atoms with Gasteiger partial charge >= 0.3 is 0 Å². The van der Waals surface area contributed by atoms with E-state index in [-0.39, 0.29) is 0 Å². The third-order valence-corrected chi connectivity index (χ3v) is 28.6. The van der Waals surface area contributed by atoms with Gasteiger partial charge in [0.25, 0.3) is 0 Å². The van der Waals surface area contributed by atoms with Gasteiger partial charge < -0.3 is 13.6 Å². The van der Waals surface area contributed by atoms with Crippen molar-refractivity contribution in [2.24, 2.45) is 0 Å². The van der Waals surface area contributed by atoms with Gasteiger partial charge in [-0.25, -0.2) is 49.8 Å². The van der Waals surface area contributed by atoms with Crippen molar-refractivity contribution in [3.63, 3.8) is 0 Å². The number of benzene rings is 24. The van der Waals surface area contributed by atoms with Gasteiger partial charge in [-0.05, 0) is 205 Å². The monoisotopic (exact) mass is 1870 g/mol. The van der Waals surface area contributed by atoms with Gasteiger partial charge in [-0.2, -0.15) is 0 Å². The zero-order chi connectivity index (χ0) is 96.9. The first-order chi connectivity index (χ1) is 72.8. The van der Waals surface area contributed by atoms with Gasteiger partial charge in [-0.15, -0.1) is 0 Å². The highest BCUT2D eigenvalue weighted by Gasteiger charge is 2.24. The highest BCUT2D eigenvalue weighted by molar-refractivity contribution is 6.21. The maximum absolute atomic E-state index is 6.38. The highest BCUT2D eigenvalue weighted by Crippen LogP contribution is 2.44. The summed E-state index contributed by atoms with van der Waals surface area (Å²) in [5, 5.41) is 28.8. The smallest absolute Gasteiger partial charge is 0.227 e. The van der Waals surface area contributed by atoms with Crippen molar-refractivity contribution in [1.82, 2.24) is 59.0 Å². The highest BCUT2D eigenvalue weighted by atomic mass is 16.3.